The molecule has 0 spiro atoms. The number of hydrogen-bond donors (Lipinski definition) is 0. The maximum absolute atomic E-state index is 13.2. The van der Waals surface area contributed by atoms with Crippen molar-refractivity contribution < 1.29 is 9.47 Å². The summed E-state index contributed by atoms with van der Waals surface area (Å²) in [6.07, 6.45) is 1.83. The molecule has 0 atom stereocenters. The Morgan fingerprint density at radius 3 is 2.73 bits per heavy atom. The first-order chi connectivity index (χ1) is 14.7. The lowest BCUT2D eigenvalue weighted by Gasteiger charge is -2.13. The maximum atomic E-state index is 13.2. The maximum Gasteiger partial charge on any atom is 0.272 e. The van der Waals surface area contributed by atoms with Gasteiger partial charge in [-0.3, -0.25) is 9.36 Å². The van der Waals surface area contributed by atoms with Gasteiger partial charge in [-0.05, 0) is 40.3 Å². The van der Waals surface area contributed by atoms with E-state index in [2.05, 4.69) is 18.7 Å². The highest BCUT2D eigenvalue weighted by Gasteiger charge is 2.17. The zero-order chi connectivity index (χ0) is 20.5. The first kappa shape index (κ1) is 19.0. The van der Waals surface area contributed by atoms with Crippen LogP contribution in [0.25, 0.3) is 16.3 Å². The summed E-state index contributed by atoms with van der Waals surface area (Å²) in [5.41, 5.74) is 3.95. The first-order valence-corrected chi connectivity index (χ1v) is 11.3. The topological polar surface area (TPSA) is 53.4 Å². The van der Waals surface area contributed by atoms with Crippen LogP contribution in [0.4, 0.5) is 0 Å². The standard InChI is InChI=1S/C23H18N2O3S2/c1-2-15-3-5-16(6-4-15)13-30-23-24-18-9-10-29-21(18)22(26)25(23)12-17-7-8-19-20(11-17)28-14-27-19/h2-11H,1,12-14H2. The molecule has 5 nitrogen and oxygen atoms in total. The normalized spacial score (nSPS) is 12.4. The van der Waals surface area contributed by atoms with Crippen molar-refractivity contribution in [3.8, 4) is 11.5 Å². The third-order valence-corrected chi connectivity index (χ3v) is 6.83. The van der Waals surface area contributed by atoms with Crippen LogP contribution >= 0.6 is 23.1 Å². The molecule has 150 valence electrons. The molecule has 0 fully saturated rings. The molecule has 7 heteroatoms. The van der Waals surface area contributed by atoms with E-state index in [0.717, 1.165) is 28.1 Å². The predicted molar refractivity (Wildman–Crippen MR) is 122 cm³/mol. The van der Waals surface area contributed by atoms with Crippen LogP contribution in [0, 0.1) is 0 Å². The monoisotopic (exact) mass is 434 g/mol. The molecule has 0 unspecified atom stereocenters. The molecule has 5 rings (SSSR count). The van der Waals surface area contributed by atoms with Gasteiger partial charge in [0.25, 0.3) is 5.56 Å². The summed E-state index contributed by atoms with van der Waals surface area (Å²) in [7, 11) is 0. The molecule has 0 bridgehead atoms. The van der Waals surface area contributed by atoms with Crippen molar-refractivity contribution in [1.29, 1.82) is 0 Å². The third kappa shape index (κ3) is 3.62. The van der Waals surface area contributed by atoms with Gasteiger partial charge in [-0.25, -0.2) is 4.98 Å². The molecule has 0 aliphatic carbocycles. The van der Waals surface area contributed by atoms with E-state index < -0.39 is 0 Å². The number of rotatable bonds is 6. The number of aromatic nitrogens is 2. The van der Waals surface area contributed by atoms with Crippen LogP contribution < -0.4 is 15.0 Å². The van der Waals surface area contributed by atoms with Crippen molar-refractivity contribution in [1.82, 2.24) is 9.55 Å². The van der Waals surface area contributed by atoms with Gasteiger partial charge in [0.2, 0.25) is 6.79 Å². The number of thiophene rings is 1. The summed E-state index contributed by atoms with van der Waals surface area (Å²) < 4.78 is 13.3. The third-order valence-electron chi connectivity index (χ3n) is 4.89. The Kier molecular flexibility index (Phi) is 5.06. The number of nitrogens with zero attached hydrogens (tertiary/aromatic N) is 2. The smallest absolute Gasteiger partial charge is 0.272 e. The summed E-state index contributed by atoms with van der Waals surface area (Å²) in [6, 6.07) is 15.9. The number of ether oxygens (including phenoxy) is 2. The second-order valence-electron chi connectivity index (χ2n) is 6.84. The summed E-state index contributed by atoms with van der Waals surface area (Å²) in [4.78, 5) is 18.0. The average molecular weight is 435 g/mol. The molecule has 3 heterocycles. The molecule has 0 radical (unpaired) electrons. The average Bonchev–Trinajstić information content (AvgIpc) is 3.44. The van der Waals surface area contributed by atoms with Crippen LogP contribution in [0.15, 0.2) is 70.4 Å². The minimum Gasteiger partial charge on any atom is -0.454 e. The Bertz CT molecular complexity index is 1290. The number of benzene rings is 2. The van der Waals surface area contributed by atoms with Gasteiger partial charge in [0.1, 0.15) is 4.70 Å². The van der Waals surface area contributed by atoms with Gasteiger partial charge in [-0.2, -0.15) is 0 Å². The highest BCUT2D eigenvalue weighted by molar-refractivity contribution is 7.98. The minimum absolute atomic E-state index is 0.0165. The Morgan fingerprint density at radius 1 is 1.10 bits per heavy atom. The van der Waals surface area contributed by atoms with E-state index in [0.29, 0.717) is 22.2 Å². The molecule has 2 aromatic carbocycles. The molecule has 4 aromatic rings. The van der Waals surface area contributed by atoms with Gasteiger partial charge in [0.05, 0.1) is 12.1 Å². The number of fused-ring (bicyclic) bond motifs is 2. The lowest BCUT2D eigenvalue weighted by atomic mass is 10.1. The van der Waals surface area contributed by atoms with E-state index in [4.69, 9.17) is 14.5 Å². The van der Waals surface area contributed by atoms with Crippen molar-refractivity contribution in [3.63, 3.8) is 0 Å². The van der Waals surface area contributed by atoms with Crippen LogP contribution in [0.3, 0.4) is 0 Å². The van der Waals surface area contributed by atoms with E-state index in [-0.39, 0.29) is 12.4 Å². The zero-order valence-corrected chi connectivity index (χ0v) is 17.7. The predicted octanol–water partition coefficient (Wildman–Crippen LogP) is 5.17. The fraction of sp³-hybridized carbons (Fsp3) is 0.130. The number of hydrogen-bond acceptors (Lipinski definition) is 6. The second-order valence-corrected chi connectivity index (χ2v) is 8.70. The summed E-state index contributed by atoms with van der Waals surface area (Å²) in [5, 5.41) is 2.61. The molecular weight excluding hydrogens is 416 g/mol. The molecule has 1 aliphatic rings. The molecule has 0 saturated heterocycles. The van der Waals surface area contributed by atoms with Crippen molar-refractivity contribution in [2.24, 2.45) is 0 Å². The summed E-state index contributed by atoms with van der Waals surface area (Å²) in [5.74, 6) is 2.17. The van der Waals surface area contributed by atoms with Crippen molar-refractivity contribution in [2.75, 3.05) is 6.79 Å². The lowest BCUT2D eigenvalue weighted by Crippen LogP contribution is -2.23. The van der Waals surface area contributed by atoms with Gasteiger partial charge < -0.3 is 9.47 Å². The van der Waals surface area contributed by atoms with E-state index >= 15 is 0 Å². The lowest BCUT2D eigenvalue weighted by molar-refractivity contribution is 0.174. The van der Waals surface area contributed by atoms with Crippen LogP contribution in [0.5, 0.6) is 11.5 Å². The molecule has 0 N–H and O–H groups in total. The van der Waals surface area contributed by atoms with Gasteiger partial charge in [0, 0.05) is 5.75 Å². The molecule has 0 amide bonds. The van der Waals surface area contributed by atoms with Crippen LogP contribution in [-0.2, 0) is 12.3 Å². The highest BCUT2D eigenvalue weighted by Crippen LogP contribution is 2.33. The first-order valence-electron chi connectivity index (χ1n) is 9.42. The van der Waals surface area contributed by atoms with E-state index in [1.807, 2.05) is 47.9 Å². The fourth-order valence-electron chi connectivity index (χ4n) is 3.29. The molecule has 0 saturated carbocycles. The molecule has 2 aromatic heterocycles. The van der Waals surface area contributed by atoms with E-state index in [9.17, 15) is 4.79 Å². The molecular formula is C23H18N2O3S2. The highest BCUT2D eigenvalue weighted by atomic mass is 32.2. The summed E-state index contributed by atoms with van der Waals surface area (Å²) >= 11 is 2.99. The zero-order valence-electron chi connectivity index (χ0n) is 16.0. The summed E-state index contributed by atoms with van der Waals surface area (Å²) in [6.45, 7) is 4.45. The minimum atomic E-state index is -0.0165. The van der Waals surface area contributed by atoms with Crippen LogP contribution in [0.1, 0.15) is 16.7 Å². The molecule has 30 heavy (non-hydrogen) atoms. The SMILES string of the molecule is C=Cc1ccc(CSc2nc3ccsc3c(=O)n2Cc2ccc3c(c2)OCO3)cc1. The largest absolute Gasteiger partial charge is 0.454 e. The van der Waals surface area contributed by atoms with Gasteiger partial charge in [-0.15, -0.1) is 11.3 Å². The van der Waals surface area contributed by atoms with Crippen molar-refractivity contribution >= 4 is 39.4 Å². The number of thioether (sulfide) groups is 1. The van der Waals surface area contributed by atoms with Crippen LogP contribution in [-0.4, -0.2) is 16.3 Å². The van der Waals surface area contributed by atoms with E-state index in [1.54, 1.807) is 16.3 Å². The van der Waals surface area contributed by atoms with Gasteiger partial charge in [0.15, 0.2) is 16.7 Å². The Labute approximate surface area is 181 Å². The van der Waals surface area contributed by atoms with E-state index in [1.165, 1.54) is 16.9 Å². The Balaban J connectivity index is 1.48. The Hall–Kier alpha value is -3.03. The second kappa shape index (κ2) is 8.01. The van der Waals surface area contributed by atoms with Crippen LogP contribution in [0.2, 0.25) is 0 Å². The van der Waals surface area contributed by atoms with Crippen molar-refractivity contribution in [3.05, 3.63) is 87.5 Å². The van der Waals surface area contributed by atoms with Gasteiger partial charge in [-0.1, -0.05) is 54.7 Å². The molecule has 1 aliphatic heterocycles. The quantitative estimate of drug-likeness (QED) is 0.310. The van der Waals surface area contributed by atoms with Crippen molar-refractivity contribution in [2.45, 2.75) is 17.5 Å². The fourth-order valence-corrected chi connectivity index (χ4v) is 5.03. The van der Waals surface area contributed by atoms with Gasteiger partial charge >= 0.3 is 0 Å². The Morgan fingerprint density at radius 2 is 1.90 bits per heavy atom.